The van der Waals surface area contributed by atoms with E-state index in [4.69, 9.17) is 4.74 Å². The number of ketones is 2. The Morgan fingerprint density at radius 3 is 2.26 bits per heavy atom. The molecule has 5 heteroatoms. The van der Waals surface area contributed by atoms with Crippen LogP contribution in [0.4, 0.5) is 0 Å². The molecule has 1 saturated heterocycles. The van der Waals surface area contributed by atoms with Crippen LogP contribution < -0.4 is 0 Å². The number of benzene rings is 2. The highest BCUT2D eigenvalue weighted by molar-refractivity contribution is 6.28. The third-order valence-corrected chi connectivity index (χ3v) is 5.83. The lowest BCUT2D eigenvalue weighted by Gasteiger charge is -2.18. The van der Waals surface area contributed by atoms with Crippen molar-refractivity contribution < 1.29 is 23.6 Å². The molecule has 0 bridgehead atoms. The predicted octanol–water partition coefficient (Wildman–Crippen LogP) is 2.74. The second-order valence-corrected chi connectivity index (χ2v) is 7.73. The molecule has 1 fully saturated rings. The summed E-state index contributed by atoms with van der Waals surface area (Å²) in [6, 6.07) is 12.5. The first kappa shape index (κ1) is 17.6. The number of carbonyl (C=O) groups is 3. The molecule has 5 nitrogen and oxygen atoms in total. The van der Waals surface area contributed by atoms with Crippen molar-refractivity contribution in [2.75, 3.05) is 20.1 Å². The highest BCUT2D eigenvalue weighted by Gasteiger charge is 2.47. The number of rotatable bonds is 5. The number of ether oxygens (including phenoxy) is 1. The second kappa shape index (κ2) is 6.43. The summed E-state index contributed by atoms with van der Waals surface area (Å²) in [6.45, 7) is 4.17. The van der Waals surface area contributed by atoms with E-state index in [1.165, 1.54) is 0 Å². The maximum Gasteiger partial charge on any atom is 0.311 e. The molecule has 2 aromatic rings. The minimum absolute atomic E-state index is 0.106. The number of carbonyl (C=O) groups excluding carboxylic acids is 3. The monoisotopic (exact) mass is 364 g/mol. The van der Waals surface area contributed by atoms with Crippen molar-refractivity contribution in [1.82, 2.24) is 0 Å². The molecule has 0 saturated carbocycles. The van der Waals surface area contributed by atoms with Crippen molar-refractivity contribution in [3.05, 3.63) is 70.3 Å². The molecular formula is C22H22NO4+. The first-order valence-corrected chi connectivity index (χ1v) is 9.20. The molecule has 2 aromatic carbocycles. The summed E-state index contributed by atoms with van der Waals surface area (Å²) >= 11 is 0. The Balaban J connectivity index is 1.45. The van der Waals surface area contributed by atoms with Crippen LogP contribution in [0.25, 0.3) is 0 Å². The van der Waals surface area contributed by atoms with Crippen molar-refractivity contribution in [2.45, 2.75) is 26.0 Å². The molecule has 1 aliphatic carbocycles. The van der Waals surface area contributed by atoms with Crippen molar-refractivity contribution in [2.24, 2.45) is 0 Å². The van der Waals surface area contributed by atoms with E-state index in [1.54, 1.807) is 42.5 Å². The fourth-order valence-electron chi connectivity index (χ4n) is 3.69. The summed E-state index contributed by atoms with van der Waals surface area (Å²) in [6.07, 6.45) is 0.385. The average Bonchev–Trinajstić information content (AvgIpc) is 3.29. The van der Waals surface area contributed by atoms with Crippen molar-refractivity contribution in [3.8, 4) is 0 Å². The first-order valence-electron chi connectivity index (χ1n) is 9.20. The lowest BCUT2D eigenvalue weighted by Crippen LogP contribution is -2.26. The van der Waals surface area contributed by atoms with E-state index in [0.29, 0.717) is 40.3 Å². The first-order chi connectivity index (χ1) is 12.9. The molecule has 138 valence electrons. The molecule has 2 aliphatic rings. The van der Waals surface area contributed by atoms with Crippen LogP contribution in [-0.4, -0.2) is 48.2 Å². The topological polar surface area (TPSA) is 60.4 Å². The van der Waals surface area contributed by atoms with Crippen LogP contribution >= 0.6 is 0 Å². The maximum atomic E-state index is 12.7. The molecule has 0 N–H and O–H groups in total. The van der Waals surface area contributed by atoms with E-state index in [9.17, 15) is 14.4 Å². The van der Waals surface area contributed by atoms with E-state index < -0.39 is 0 Å². The molecule has 0 amide bonds. The molecule has 0 spiro atoms. The Kier molecular flexibility index (Phi) is 4.19. The number of fused-ring (bicyclic) bond motifs is 2. The second-order valence-electron chi connectivity index (χ2n) is 7.73. The molecule has 27 heavy (non-hydrogen) atoms. The maximum absolute atomic E-state index is 12.7. The zero-order valence-corrected chi connectivity index (χ0v) is 15.5. The van der Waals surface area contributed by atoms with Gasteiger partial charge in [0.1, 0.15) is 19.2 Å². The van der Waals surface area contributed by atoms with E-state index in [2.05, 4.69) is 14.0 Å². The van der Waals surface area contributed by atoms with Gasteiger partial charge in [0.15, 0.2) is 11.6 Å². The Labute approximate surface area is 158 Å². The number of quaternary nitrogens is 1. The third-order valence-electron chi connectivity index (χ3n) is 5.83. The van der Waals surface area contributed by atoms with Gasteiger partial charge in [-0.25, -0.2) is 0 Å². The van der Waals surface area contributed by atoms with Gasteiger partial charge >= 0.3 is 5.97 Å². The molecule has 2 unspecified atom stereocenters. The van der Waals surface area contributed by atoms with Gasteiger partial charge in [-0.2, -0.15) is 0 Å². The normalized spacial score (nSPS) is 22.8. The van der Waals surface area contributed by atoms with Gasteiger partial charge in [0.05, 0.1) is 20.0 Å². The molecule has 0 radical (unpaired) electrons. The largest absolute Gasteiger partial charge is 0.461 e. The van der Waals surface area contributed by atoms with Crippen LogP contribution in [0.2, 0.25) is 0 Å². The number of hydrogen-bond acceptors (Lipinski definition) is 4. The molecule has 4 rings (SSSR count). The molecule has 0 aromatic heterocycles. The van der Waals surface area contributed by atoms with Crippen molar-refractivity contribution in [3.63, 3.8) is 0 Å². The minimum atomic E-state index is -0.237. The fraction of sp³-hybridized carbons (Fsp3) is 0.318. The minimum Gasteiger partial charge on any atom is -0.461 e. The number of esters is 1. The van der Waals surface area contributed by atoms with Gasteiger partial charge in [-0.15, -0.1) is 0 Å². The van der Waals surface area contributed by atoms with Gasteiger partial charge in [0.2, 0.25) is 0 Å². The van der Waals surface area contributed by atoms with Gasteiger partial charge in [-0.05, 0) is 24.6 Å². The number of likely N-dealkylation sites (N-methyl/N-ethyl adjacent to an activating group) is 1. The quantitative estimate of drug-likeness (QED) is 0.397. The Morgan fingerprint density at radius 1 is 1.04 bits per heavy atom. The van der Waals surface area contributed by atoms with Crippen LogP contribution in [0.5, 0.6) is 0 Å². The van der Waals surface area contributed by atoms with Gasteiger partial charge in [-0.1, -0.05) is 30.3 Å². The predicted molar refractivity (Wildman–Crippen MR) is 99.5 cm³/mol. The van der Waals surface area contributed by atoms with Gasteiger partial charge in [0, 0.05) is 22.3 Å². The van der Waals surface area contributed by atoms with Crippen LogP contribution in [-0.2, 0) is 16.1 Å². The molecular weight excluding hydrogens is 342 g/mol. The van der Waals surface area contributed by atoms with Crippen molar-refractivity contribution in [1.29, 1.82) is 0 Å². The Morgan fingerprint density at radius 2 is 1.63 bits per heavy atom. The average molecular weight is 364 g/mol. The Bertz CT molecular complexity index is 965. The van der Waals surface area contributed by atoms with Crippen LogP contribution in [0.1, 0.15) is 50.8 Å². The van der Waals surface area contributed by atoms with E-state index in [0.717, 1.165) is 17.6 Å². The summed E-state index contributed by atoms with van der Waals surface area (Å²) < 4.78 is 6.28. The molecule has 1 aliphatic heterocycles. The molecule has 1 heterocycles. The van der Waals surface area contributed by atoms with Gasteiger partial charge < -0.3 is 9.22 Å². The van der Waals surface area contributed by atoms with Gasteiger partial charge in [-0.3, -0.25) is 14.4 Å². The van der Waals surface area contributed by atoms with E-state index in [-0.39, 0.29) is 24.1 Å². The van der Waals surface area contributed by atoms with Gasteiger partial charge in [0.25, 0.3) is 0 Å². The lowest BCUT2D eigenvalue weighted by molar-refractivity contribution is -0.790. The summed E-state index contributed by atoms with van der Waals surface area (Å²) in [4.78, 5) is 37.3. The summed E-state index contributed by atoms with van der Waals surface area (Å²) in [7, 11) is 2.14. The zero-order valence-electron chi connectivity index (χ0n) is 15.5. The van der Waals surface area contributed by atoms with Crippen LogP contribution in [0.3, 0.4) is 0 Å². The standard InChI is InChI=1S/C22H22NO4/c1-14-12-23(14,2)10-9-20(24)27-13-15-7-8-18-19(11-15)22(26)17-6-4-3-5-16(17)21(18)25/h3-8,11,14H,9-10,12-13H2,1-2H3/q+1. The van der Waals surface area contributed by atoms with Crippen molar-refractivity contribution >= 4 is 17.5 Å². The highest BCUT2D eigenvalue weighted by Crippen LogP contribution is 2.29. The zero-order chi connectivity index (χ0) is 19.2. The number of nitrogens with zero attached hydrogens (tertiary/aromatic N) is 1. The van der Waals surface area contributed by atoms with Crippen LogP contribution in [0.15, 0.2) is 42.5 Å². The Hall–Kier alpha value is -2.79. The third kappa shape index (κ3) is 3.19. The highest BCUT2D eigenvalue weighted by atomic mass is 16.5. The summed E-state index contributed by atoms with van der Waals surface area (Å²) in [5.41, 5.74) is 2.36. The smallest absolute Gasteiger partial charge is 0.311 e. The molecule has 2 atom stereocenters. The SMILES string of the molecule is CC1C[N+]1(C)CCC(=O)OCc1ccc2c(c1)C(=O)c1ccccc1C2=O. The summed E-state index contributed by atoms with van der Waals surface area (Å²) in [5.74, 6) is -0.548. The lowest BCUT2D eigenvalue weighted by atomic mass is 9.83. The summed E-state index contributed by atoms with van der Waals surface area (Å²) in [5, 5.41) is 0. The fourth-order valence-corrected chi connectivity index (χ4v) is 3.69. The van der Waals surface area contributed by atoms with E-state index >= 15 is 0 Å². The number of hydrogen-bond donors (Lipinski definition) is 0. The van der Waals surface area contributed by atoms with E-state index in [1.807, 2.05) is 0 Å². The van der Waals surface area contributed by atoms with Crippen LogP contribution in [0, 0.1) is 0 Å².